The summed E-state index contributed by atoms with van der Waals surface area (Å²) in [7, 11) is 0. The summed E-state index contributed by atoms with van der Waals surface area (Å²) in [6, 6.07) is 10.1. The first-order valence-electron chi connectivity index (χ1n) is 6.85. The minimum absolute atomic E-state index is 0.0189. The molecule has 1 aliphatic heterocycles. The number of aromatic nitrogens is 1. The molecule has 21 heavy (non-hydrogen) atoms. The molecule has 1 amide bonds. The number of hydrogen-bond acceptors (Lipinski definition) is 5. The molecule has 0 saturated heterocycles. The molecule has 0 fully saturated rings. The van der Waals surface area contributed by atoms with Crippen LogP contribution in [-0.2, 0) is 22.6 Å². The van der Waals surface area contributed by atoms with Crippen LogP contribution in [-0.4, -0.2) is 23.3 Å². The van der Waals surface area contributed by atoms with E-state index in [4.69, 9.17) is 4.74 Å². The zero-order valence-electron chi connectivity index (χ0n) is 11.5. The minimum Gasteiger partial charge on any atom is -0.375 e. The van der Waals surface area contributed by atoms with Gasteiger partial charge in [0.05, 0.1) is 23.8 Å². The zero-order chi connectivity index (χ0) is 14.5. The first-order valence-corrected chi connectivity index (χ1v) is 8.65. The Balaban J connectivity index is 1.47. The highest BCUT2D eigenvalue weighted by Gasteiger charge is 2.16. The molecule has 1 aliphatic rings. The van der Waals surface area contributed by atoms with Crippen molar-refractivity contribution in [2.45, 2.75) is 24.3 Å². The van der Waals surface area contributed by atoms with Crippen molar-refractivity contribution >= 4 is 34.1 Å². The van der Waals surface area contributed by atoms with Gasteiger partial charge < -0.3 is 10.1 Å². The molecule has 0 radical (unpaired) electrons. The maximum Gasteiger partial charge on any atom is 0.226 e. The molecule has 0 atom stereocenters. The molecule has 6 heteroatoms. The van der Waals surface area contributed by atoms with Gasteiger partial charge in [-0.1, -0.05) is 29.5 Å². The second kappa shape index (κ2) is 7.06. The third-order valence-corrected chi connectivity index (χ3v) is 5.08. The monoisotopic (exact) mass is 320 g/mol. The molecule has 0 unspecified atom stereocenters. The number of nitrogens with zero attached hydrogens (tertiary/aromatic N) is 1. The second-order valence-electron chi connectivity index (χ2n) is 4.65. The Morgan fingerprint density at radius 1 is 1.38 bits per heavy atom. The molecule has 1 aromatic heterocycles. The Kier molecular flexibility index (Phi) is 4.90. The number of thioether (sulfide) groups is 1. The number of amides is 1. The van der Waals surface area contributed by atoms with E-state index in [0.717, 1.165) is 29.4 Å². The summed E-state index contributed by atoms with van der Waals surface area (Å²) in [5, 5.41) is 3.58. The van der Waals surface area contributed by atoms with Gasteiger partial charge in [-0.05, 0) is 12.1 Å². The Hall–Kier alpha value is -1.37. The van der Waals surface area contributed by atoms with Crippen LogP contribution in [0.25, 0.3) is 0 Å². The van der Waals surface area contributed by atoms with Gasteiger partial charge in [0.15, 0.2) is 5.13 Å². The summed E-state index contributed by atoms with van der Waals surface area (Å²) in [5.74, 6) is 0.787. The summed E-state index contributed by atoms with van der Waals surface area (Å²) in [5.41, 5.74) is 1.07. The van der Waals surface area contributed by atoms with E-state index in [2.05, 4.69) is 22.4 Å². The van der Waals surface area contributed by atoms with E-state index in [1.54, 1.807) is 11.8 Å². The third kappa shape index (κ3) is 4.06. The van der Waals surface area contributed by atoms with Gasteiger partial charge in [-0.25, -0.2) is 4.98 Å². The van der Waals surface area contributed by atoms with Crippen molar-refractivity contribution in [3.05, 3.63) is 40.9 Å². The molecule has 0 saturated carbocycles. The molecule has 1 aromatic carbocycles. The van der Waals surface area contributed by atoms with Crippen molar-refractivity contribution in [1.29, 1.82) is 0 Å². The summed E-state index contributed by atoms with van der Waals surface area (Å²) < 4.78 is 5.38. The molecular weight excluding hydrogens is 304 g/mol. The van der Waals surface area contributed by atoms with Crippen molar-refractivity contribution in [2.75, 3.05) is 17.7 Å². The third-order valence-electron chi connectivity index (χ3n) is 3.08. The largest absolute Gasteiger partial charge is 0.375 e. The summed E-state index contributed by atoms with van der Waals surface area (Å²) in [6.45, 7) is 1.34. The van der Waals surface area contributed by atoms with Gasteiger partial charge in [0.1, 0.15) is 0 Å². The lowest BCUT2D eigenvalue weighted by Crippen LogP contribution is -2.12. The number of anilines is 1. The number of rotatable bonds is 5. The molecule has 0 aliphatic carbocycles. The van der Waals surface area contributed by atoms with E-state index in [1.807, 2.05) is 18.2 Å². The quantitative estimate of drug-likeness (QED) is 0.859. The molecule has 2 aromatic rings. The molecule has 110 valence electrons. The van der Waals surface area contributed by atoms with E-state index in [-0.39, 0.29) is 5.91 Å². The predicted octanol–water partition coefficient (Wildman–Crippen LogP) is 3.34. The van der Waals surface area contributed by atoms with E-state index in [0.29, 0.717) is 18.2 Å². The van der Waals surface area contributed by atoms with Crippen LogP contribution in [0.2, 0.25) is 0 Å². The van der Waals surface area contributed by atoms with Crippen molar-refractivity contribution in [2.24, 2.45) is 0 Å². The van der Waals surface area contributed by atoms with Gasteiger partial charge in [-0.3, -0.25) is 4.79 Å². The predicted molar refractivity (Wildman–Crippen MR) is 85.9 cm³/mol. The van der Waals surface area contributed by atoms with E-state index in [1.165, 1.54) is 16.2 Å². The Morgan fingerprint density at radius 3 is 3.05 bits per heavy atom. The number of fused-ring (bicyclic) bond motifs is 1. The van der Waals surface area contributed by atoms with Gasteiger partial charge in [-0.15, -0.1) is 11.8 Å². The first kappa shape index (κ1) is 14.6. The van der Waals surface area contributed by atoms with Crippen LogP contribution in [0.4, 0.5) is 5.13 Å². The van der Waals surface area contributed by atoms with Gasteiger partial charge in [-0.2, -0.15) is 0 Å². The SMILES string of the molecule is O=C(CCSc1ccccc1)Nc1nc2c(s1)COCC2. The van der Waals surface area contributed by atoms with Crippen LogP contribution in [0.15, 0.2) is 35.2 Å². The van der Waals surface area contributed by atoms with E-state index < -0.39 is 0 Å². The topological polar surface area (TPSA) is 51.2 Å². The summed E-state index contributed by atoms with van der Waals surface area (Å²) in [6.07, 6.45) is 1.33. The average Bonchev–Trinajstić information content (AvgIpc) is 2.90. The van der Waals surface area contributed by atoms with Crippen LogP contribution in [0.3, 0.4) is 0 Å². The van der Waals surface area contributed by atoms with Crippen LogP contribution in [0.1, 0.15) is 17.0 Å². The molecule has 1 N–H and O–H groups in total. The molecule has 0 spiro atoms. The Morgan fingerprint density at radius 2 is 2.24 bits per heavy atom. The minimum atomic E-state index is 0.0189. The highest BCUT2D eigenvalue weighted by atomic mass is 32.2. The van der Waals surface area contributed by atoms with Gasteiger partial charge in [0.2, 0.25) is 5.91 Å². The lowest BCUT2D eigenvalue weighted by Gasteiger charge is -2.08. The maximum absolute atomic E-state index is 11.9. The van der Waals surface area contributed by atoms with E-state index >= 15 is 0 Å². The zero-order valence-corrected chi connectivity index (χ0v) is 13.1. The van der Waals surface area contributed by atoms with Crippen LogP contribution in [0.5, 0.6) is 0 Å². The molecule has 2 heterocycles. The summed E-state index contributed by atoms with van der Waals surface area (Å²) in [4.78, 5) is 18.7. The van der Waals surface area contributed by atoms with Crippen molar-refractivity contribution in [3.63, 3.8) is 0 Å². The fourth-order valence-corrected chi connectivity index (χ4v) is 3.87. The molecule has 4 nitrogen and oxygen atoms in total. The normalized spacial score (nSPS) is 13.7. The number of benzene rings is 1. The average molecular weight is 320 g/mol. The smallest absolute Gasteiger partial charge is 0.226 e. The van der Waals surface area contributed by atoms with Crippen LogP contribution < -0.4 is 5.32 Å². The van der Waals surface area contributed by atoms with Crippen molar-refractivity contribution in [1.82, 2.24) is 4.98 Å². The number of thiazole rings is 1. The van der Waals surface area contributed by atoms with Gasteiger partial charge in [0.25, 0.3) is 0 Å². The Labute approximate surface area is 131 Å². The van der Waals surface area contributed by atoms with Crippen molar-refractivity contribution < 1.29 is 9.53 Å². The van der Waals surface area contributed by atoms with Gasteiger partial charge in [0, 0.05) is 23.5 Å². The summed E-state index contributed by atoms with van der Waals surface area (Å²) >= 11 is 3.21. The van der Waals surface area contributed by atoms with E-state index in [9.17, 15) is 4.79 Å². The molecule has 3 rings (SSSR count). The number of ether oxygens (including phenoxy) is 1. The van der Waals surface area contributed by atoms with Crippen LogP contribution >= 0.6 is 23.1 Å². The number of nitrogens with one attached hydrogen (secondary N) is 1. The fraction of sp³-hybridized carbons (Fsp3) is 0.333. The Bertz CT molecular complexity index is 590. The molecule has 0 bridgehead atoms. The first-order chi connectivity index (χ1) is 10.3. The fourth-order valence-electron chi connectivity index (χ4n) is 2.04. The number of carbonyl (C=O) groups is 1. The van der Waals surface area contributed by atoms with Crippen LogP contribution in [0, 0.1) is 0 Å². The van der Waals surface area contributed by atoms with Crippen molar-refractivity contribution in [3.8, 4) is 0 Å². The second-order valence-corrected chi connectivity index (χ2v) is 6.90. The molecular formula is C15H16N2O2S2. The number of carbonyl (C=O) groups excluding carboxylic acids is 1. The number of hydrogen-bond donors (Lipinski definition) is 1. The highest BCUT2D eigenvalue weighted by molar-refractivity contribution is 7.99. The standard InChI is InChI=1S/C15H16N2O2S2/c18-14(7-9-20-11-4-2-1-3-5-11)17-15-16-12-6-8-19-10-13(12)21-15/h1-5H,6-10H2,(H,16,17,18). The maximum atomic E-state index is 11.9. The lowest BCUT2D eigenvalue weighted by atomic mass is 10.2. The van der Waals surface area contributed by atoms with Gasteiger partial charge >= 0.3 is 0 Å². The highest BCUT2D eigenvalue weighted by Crippen LogP contribution is 2.27. The lowest BCUT2D eigenvalue weighted by molar-refractivity contribution is -0.115.